The molecule has 0 aliphatic carbocycles. The van der Waals surface area contributed by atoms with Crippen molar-refractivity contribution in [2.45, 2.75) is 6.10 Å². The lowest BCUT2D eigenvalue weighted by molar-refractivity contribution is 0.0976. The van der Waals surface area contributed by atoms with E-state index in [1.165, 1.54) is 0 Å². The van der Waals surface area contributed by atoms with Crippen LogP contribution in [0.1, 0.15) is 0 Å². The van der Waals surface area contributed by atoms with Crippen molar-refractivity contribution in [3.63, 3.8) is 0 Å². The number of methoxy groups -OCH3 is 2. The fourth-order valence-corrected chi connectivity index (χ4v) is 2.80. The molecule has 0 saturated heterocycles. The number of benzene rings is 2. The monoisotopic (exact) mass is 335 g/mol. The van der Waals surface area contributed by atoms with Crippen LogP contribution in [-0.2, 0) is 0 Å². The lowest BCUT2D eigenvalue weighted by atomic mass is 10.0. The Balaban J connectivity index is 2.19. The molecule has 3 rings (SSSR count). The Bertz CT molecular complexity index is 720. The number of rotatable bonds is 4. The third-order valence-corrected chi connectivity index (χ3v) is 3.90. The standard InChI is InChI=1S/C17H18ClNO4/c1-20-14-5-3-4-12(16(14)21-2)13-6-10(18)7-15-17(13)23-11(8-19)9-22-15/h3-7,11H,8-9,19H2,1-2H3. The van der Waals surface area contributed by atoms with Crippen molar-refractivity contribution in [1.82, 2.24) is 0 Å². The van der Waals surface area contributed by atoms with Crippen molar-refractivity contribution < 1.29 is 18.9 Å². The zero-order valence-corrected chi connectivity index (χ0v) is 13.7. The maximum absolute atomic E-state index is 6.24. The highest BCUT2D eigenvalue weighted by atomic mass is 35.5. The Kier molecular flexibility index (Phi) is 4.50. The molecule has 0 spiro atoms. The van der Waals surface area contributed by atoms with Crippen LogP contribution in [0.5, 0.6) is 23.0 Å². The molecule has 0 bridgehead atoms. The first-order valence-electron chi connectivity index (χ1n) is 7.22. The third kappa shape index (κ3) is 2.90. The van der Waals surface area contributed by atoms with Gasteiger partial charge in [-0.05, 0) is 12.1 Å². The molecule has 0 amide bonds. The van der Waals surface area contributed by atoms with Crippen molar-refractivity contribution in [1.29, 1.82) is 0 Å². The largest absolute Gasteiger partial charge is 0.493 e. The highest BCUT2D eigenvalue weighted by molar-refractivity contribution is 6.31. The molecule has 1 aliphatic rings. The molecule has 23 heavy (non-hydrogen) atoms. The molecule has 6 heteroatoms. The predicted octanol–water partition coefficient (Wildman–Crippen LogP) is 3.12. The second-order valence-corrected chi connectivity index (χ2v) is 5.54. The van der Waals surface area contributed by atoms with Crippen LogP contribution in [0.3, 0.4) is 0 Å². The second-order valence-electron chi connectivity index (χ2n) is 5.11. The normalized spacial score (nSPS) is 16.1. The van der Waals surface area contributed by atoms with E-state index in [2.05, 4.69) is 0 Å². The lowest BCUT2D eigenvalue weighted by Crippen LogP contribution is -2.35. The Morgan fingerprint density at radius 3 is 2.74 bits per heavy atom. The number of hydrogen-bond donors (Lipinski definition) is 1. The smallest absolute Gasteiger partial charge is 0.169 e. The van der Waals surface area contributed by atoms with Crippen LogP contribution in [-0.4, -0.2) is 33.5 Å². The van der Waals surface area contributed by atoms with Gasteiger partial charge in [0.25, 0.3) is 0 Å². The van der Waals surface area contributed by atoms with Gasteiger partial charge in [-0.3, -0.25) is 0 Å². The van der Waals surface area contributed by atoms with Gasteiger partial charge in [0, 0.05) is 28.8 Å². The maximum atomic E-state index is 6.24. The zero-order chi connectivity index (χ0) is 16.4. The van der Waals surface area contributed by atoms with Gasteiger partial charge >= 0.3 is 0 Å². The van der Waals surface area contributed by atoms with Gasteiger partial charge in [0.2, 0.25) is 0 Å². The van der Waals surface area contributed by atoms with E-state index in [-0.39, 0.29) is 6.10 Å². The quantitative estimate of drug-likeness (QED) is 0.930. The summed E-state index contributed by atoms with van der Waals surface area (Å²) < 4.78 is 22.6. The summed E-state index contributed by atoms with van der Waals surface area (Å²) in [6.07, 6.45) is -0.195. The van der Waals surface area contributed by atoms with Crippen LogP contribution in [0.25, 0.3) is 11.1 Å². The van der Waals surface area contributed by atoms with E-state index in [1.54, 1.807) is 20.3 Å². The molecule has 1 unspecified atom stereocenters. The molecular formula is C17H18ClNO4. The number of para-hydroxylation sites is 1. The molecule has 5 nitrogen and oxygen atoms in total. The van der Waals surface area contributed by atoms with Gasteiger partial charge in [-0.15, -0.1) is 0 Å². The van der Waals surface area contributed by atoms with Crippen molar-refractivity contribution in [3.05, 3.63) is 35.4 Å². The molecule has 2 aromatic carbocycles. The fourth-order valence-electron chi connectivity index (χ4n) is 2.60. The van der Waals surface area contributed by atoms with Gasteiger partial charge in [-0.2, -0.15) is 0 Å². The first kappa shape index (κ1) is 15.8. The van der Waals surface area contributed by atoms with Crippen molar-refractivity contribution in [2.24, 2.45) is 5.73 Å². The summed E-state index contributed by atoms with van der Waals surface area (Å²) in [4.78, 5) is 0. The van der Waals surface area contributed by atoms with E-state index in [4.69, 9.17) is 36.3 Å². The first-order valence-corrected chi connectivity index (χ1v) is 7.60. The third-order valence-electron chi connectivity index (χ3n) is 3.68. The molecule has 1 heterocycles. The number of nitrogens with two attached hydrogens (primary N) is 1. The van der Waals surface area contributed by atoms with E-state index in [1.807, 2.05) is 24.3 Å². The van der Waals surface area contributed by atoms with Gasteiger partial charge in [0.05, 0.1) is 14.2 Å². The summed E-state index contributed by atoms with van der Waals surface area (Å²) in [5, 5.41) is 0.554. The number of halogens is 1. The van der Waals surface area contributed by atoms with Gasteiger partial charge in [-0.25, -0.2) is 0 Å². The SMILES string of the molecule is COc1cccc(-c2cc(Cl)cc3c2OC(CN)CO3)c1OC. The van der Waals surface area contributed by atoms with E-state index in [0.29, 0.717) is 41.2 Å². The molecule has 2 aromatic rings. The molecule has 1 atom stereocenters. The van der Waals surface area contributed by atoms with Crippen LogP contribution in [0, 0.1) is 0 Å². The van der Waals surface area contributed by atoms with Crippen molar-refractivity contribution in [3.8, 4) is 34.1 Å². The Morgan fingerprint density at radius 1 is 1.22 bits per heavy atom. The van der Waals surface area contributed by atoms with Gasteiger partial charge in [0.15, 0.2) is 23.0 Å². The molecule has 0 aromatic heterocycles. The highest BCUT2D eigenvalue weighted by Gasteiger charge is 2.26. The Hall–Kier alpha value is -2.11. The molecule has 122 valence electrons. The zero-order valence-electron chi connectivity index (χ0n) is 13.0. The fraction of sp³-hybridized carbons (Fsp3) is 0.294. The van der Waals surface area contributed by atoms with Gasteiger partial charge in [-0.1, -0.05) is 23.7 Å². The topological polar surface area (TPSA) is 62.9 Å². The molecule has 1 aliphatic heterocycles. The molecule has 2 N–H and O–H groups in total. The maximum Gasteiger partial charge on any atom is 0.169 e. The van der Waals surface area contributed by atoms with Crippen LogP contribution >= 0.6 is 11.6 Å². The second kappa shape index (κ2) is 6.56. The summed E-state index contributed by atoms with van der Waals surface area (Å²) in [6.45, 7) is 0.773. The average Bonchev–Trinajstić information content (AvgIpc) is 2.59. The summed E-state index contributed by atoms with van der Waals surface area (Å²) >= 11 is 6.24. The van der Waals surface area contributed by atoms with Crippen LogP contribution in [0.15, 0.2) is 30.3 Å². The van der Waals surface area contributed by atoms with E-state index < -0.39 is 0 Å². The summed E-state index contributed by atoms with van der Waals surface area (Å²) in [6, 6.07) is 9.19. The number of ether oxygens (including phenoxy) is 4. The summed E-state index contributed by atoms with van der Waals surface area (Å²) in [7, 11) is 3.19. The van der Waals surface area contributed by atoms with E-state index in [0.717, 1.165) is 11.1 Å². The minimum atomic E-state index is -0.195. The average molecular weight is 336 g/mol. The number of fused-ring (bicyclic) bond motifs is 1. The van der Waals surface area contributed by atoms with Crippen molar-refractivity contribution in [2.75, 3.05) is 27.4 Å². The molecule has 0 saturated carbocycles. The van der Waals surface area contributed by atoms with Crippen LogP contribution in [0.4, 0.5) is 0 Å². The molecule has 0 fully saturated rings. The van der Waals surface area contributed by atoms with E-state index in [9.17, 15) is 0 Å². The Morgan fingerprint density at radius 2 is 2.04 bits per heavy atom. The summed E-state index contributed by atoms with van der Waals surface area (Å²) in [5.41, 5.74) is 7.30. The minimum absolute atomic E-state index is 0.195. The predicted molar refractivity (Wildman–Crippen MR) is 89.0 cm³/mol. The van der Waals surface area contributed by atoms with E-state index >= 15 is 0 Å². The minimum Gasteiger partial charge on any atom is -0.493 e. The first-order chi connectivity index (χ1) is 11.2. The van der Waals surface area contributed by atoms with Crippen LogP contribution < -0.4 is 24.7 Å². The number of hydrogen-bond acceptors (Lipinski definition) is 5. The van der Waals surface area contributed by atoms with Gasteiger partial charge < -0.3 is 24.7 Å². The summed E-state index contributed by atoms with van der Waals surface area (Å²) in [5.74, 6) is 2.45. The van der Waals surface area contributed by atoms with Gasteiger partial charge in [0.1, 0.15) is 12.7 Å². The lowest BCUT2D eigenvalue weighted by Gasteiger charge is -2.28. The van der Waals surface area contributed by atoms with Crippen LogP contribution in [0.2, 0.25) is 5.02 Å². The molecular weight excluding hydrogens is 318 g/mol. The Labute approximate surface area is 139 Å². The highest BCUT2D eigenvalue weighted by Crippen LogP contribution is 2.47. The molecule has 0 radical (unpaired) electrons. The van der Waals surface area contributed by atoms with Crippen molar-refractivity contribution >= 4 is 11.6 Å².